The lowest BCUT2D eigenvalue weighted by atomic mass is 10.0. The molecule has 0 saturated heterocycles. The number of nitro groups is 1. The second-order valence-corrected chi connectivity index (χ2v) is 4.78. The van der Waals surface area contributed by atoms with Crippen LogP contribution in [0.2, 0.25) is 0 Å². The number of hydrogen-bond acceptors (Lipinski definition) is 3. The summed E-state index contributed by atoms with van der Waals surface area (Å²) in [5.41, 5.74) is 3.42. The molecule has 0 aliphatic carbocycles. The lowest BCUT2D eigenvalue weighted by Gasteiger charge is -2.03. The molecule has 0 unspecified atom stereocenters. The fraction of sp³-hybridized carbons (Fsp3) is 0.167. The minimum atomic E-state index is -0.350. The van der Waals surface area contributed by atoms with E-state index in [2.05, 4.69) is 6.07 Å². The molecule has 0 fully saturated rings. The van der Waals surface area contributed by atoms with Gasteiger partial charge >= 0.3 is 5.00 Å². The quantitative estimate of drug-likeness (QED) is 0.582. The minimum absolute atomic E-state index is 0.190. The Morgan fingerprint density at radius 1 is 1.19 bits per heavy atom. The molecule has 1 aromatic heterocycles. The summed E-state index contributed by atoms with van der Waals surface area (Å²) in [6.07, 6.45) is 0. The molecule has 0 radical (unpaired) electrons. The molecule has 0 spiro atoms. The van der Waals surface area contributed by atoms with E-state index in [1.165, 1.54) is 16.9 Å². The van der Waals surface area contributed by atoms with Crippen molar-refractivity contribution >= 4 is 16.3 Å². The van der Waals surface area contributed by atoms with Crippen molar-refractivity contribution in [2.24, 2.45) is 0 Å². The Hall–Kier alpha value is -1.68. The van der Waals surface area contributed by atoms with Gasteiger partial charge in [0.15, 0.2) is 0 Å². The van der Waals surface area contributed by atoms with Crippen LogP contribution in [0.15, 0.2) is 30.3 Å². The van der Waals surface area contributed by atoms with Crippen molar-refractivity contribution in [1.29, 1.82) is 0 Å². The zero-order valence-corrected chi connectivity index (χ0v) is 9.88. The summed E-state index contributed by atoms with van der Waals surface area (Å²) < 4.78 is 0. The van der Waals surface area contributed by atoms with Crippen molar-refractivity contribution in [2.75, 3.05) is 0 Å². The average Bonchev–Trinajstić information content (AvgIpc) is 2.66. The Kier molecular flexibility index (Phi) is 2.75. The van der Waals surface area contributed by atoms with Crippen LogP contribution in [0, 0.1) is 24.0 Å². The van der Waals surface area contributed by atoms with E-state index in [0.29, 0.717) is 0 Å². The SMILES string of the molecule is Cc1ccc(-c2ccc([N+](=O)[O-])s2)c(C)c1. The maximum Gasteiger partial charge on any atom is 0.324 e. The van der Waals surface area contributed by atoms with Crippen LogP contribution in [-0.4, -0.2) is 4.92 Å². The molecule has 3 nitrogen and oxygen atoms in total. The minimum Gasteiger partial charge on any atom is -0.258 e. The van der Waals surface area contributed by atoms with Crippen LogP contribution in [0.25, 0.3) is 10.4 Å². The van der Waals surface area contributed by atoms with Gasteiger partial charge in [-0.05, 0) is 31.0 Å². The summed E-state index contributed by atoms with van der Waals surface area (Å²) in [5, 5.41) is 10.8. The Labute approximate surface area is 97.5 Å². The van der Waals surface area contributed by atoms with Crippen molar-refractivity contribution in [2.45, 2.75) is 13.8 Å². The molecule has 0 N–H and O–H groups in total. The van der Waals surface area contributed by atoms with Crippen LogP contribution in [0.1, 0.15) is 11.1 Å². The summed E-state index contributed by atoms with van der Waals surface area (Å²) in [5.74, 6) is 0. The average molecular weight is 233 g/mol. The molecule has 0 aliphatic heterocycles. The van der Waals surface area contributed by atoms with Crippen LogP contribution in [0.5, 0.6) is 0 Å². The van der Waals surface area contributed by atoms with Crippen molar-refractivity contribution < 1.29 is 4.92 Å². The summed E-state index contributed by atoms with van der Waals surface area (Å²) in [7, 11) is 0. The highest BCUT2D eigenvalue weighted by molar-refractivity contribution is 7.18. The summed E-state index contributed by atoms with van der Waals surface area (Å²) >= 11 is 1.22. The highest BCUT2D eigenvalue weighted by Gasteiger charge is 2.12. The molecule has 16 heavy (non-hydrogen) atoms. The first-order valence-corrected chi connectivity index (χ1v) is 5.71. The van der Waals surface area contributed by atoms with E-state index in [1.54, 1.807) is 12.1 Å². The summed E-state index contributed by atoms with van der Waals surface area (Å²) in [6, 6.07) is 9.48. The van der Waals surface area contributed by atoms with E-state index in [-0.39, 0.29) is 9.92 Å². The zero-order valence-electron chi connectivity index (χ0n) is 9.06. The van der Waals surface area contributed by atoms with Crippen LogP contribution in [0.4, 0.5) is 5.00 Å². The summed E-state index contributed by atoms with van der Waals surface area (Å²) in [4.78, 5) is 11.2. The van der Waals surface area contributed by atoms with E-state index < -0.39 is 0 Å². The van der Waals surface area contributed by atoms with E-state index >= 15 is 0 Å². The summed E-state index contributed by atoms with van der Waals surface area (Å²) in [6.45, 7) is 4.06. The maximum atomic E-state index is 10.6. The van der Waals surface area contributed by atoms with Crippen molar-refractivity contribution in [3.8, 4) is 10.4 Å². The molecular formula is C12H11NO2S. The van der Waals surface area contributed by atoms with Crippen LogP contribution in [-0.2, 0) is 0 Å². The molecule has 1 heterocycles. The fourth-order valence-electron chi connectivity index (χ4n) is 1.66. The van der Waals surface area contributed by atoms with Crippen LogP contribution >= 0.6 is 11.3 Å². The third kappa shape index (κ3) is 1.97. The molecule has 0 saturated carbocycles. The molecular weight excluding hydrogens is 222 g/mol. The Morgan fingerprint density at radius 3 is 2.50 bits per heavy atom. The molecule has 0 bridgehead atoms. The molecule has 2 rings (SSSR count). The fourth-order valence-corrected chi connectivity index (χ4v) is 2.57. The monoisotopic (exact) mass is 233 g/mol. The van der Waals surface area contributed by atoms with Gasteiger partial charge in [0.05, 0.1) is 4.92 Å². The predicted molar refractivity (Wildman–Crippen MR) is 65.9 cm³/mol. The van der Waals surface area contributed by atoms with Crippen molar-refractivity contribution in [1.82, 2.24) is 0 Å². The van der Waals surface area contributed by atoms with Crippen molar-refractivity contribution in [3.05, 3.63) is 51.6 Å². The number of rotatable bonds is 2. The van der Waals surface area contributed by atoms with Gasteiger partial charge < -0.3 is 0 Å². The molecule has 82 valence electrons. The van der Waals surface area contributed by atoms with Crippen LogP contribution in [0.3, 0.4) is 0 Å². The number of thiophene rings is 1. The van der Waals surface area contributed by atoms with E-state index in [1.807, 2.05) is 26.0 Å². The third-order valence-corrected chi connectivity index (χ3v) is 3.49. The Bertz CT molecular complexity index is 546. The van der Waals surface area contributed by atoms with Gasteiger partial charge in [0.1, 0.15) is 0 Å². The van der Waals surface area contributed by atoms with Gasteiger partial charge in [0, 0.05) is 10.9 Å². The van der Waals surface area contributed by atoms with E-state index in [0.717, 1.165) is 16.0 Å². The topological polar surface area (TPSA) is 43.1 Å². The molecule has 0 amide bonds. The maximum absolute atomic E-state index is 10.6. The lowest BCUT2D eigenvalue weighted by molar-refractivity contribution is -0.380. The normalized spacial score (nSPS) is 10.4. The van der Waals surface area contributed by atoms with E-state index in [9.17, 15) is 10.1 Å². The predicted octanol–water partition coefficient (Wildman–Crippen LogP) is 3.94. The third-order valence-electron chi connectivity index (χ3n) is 2.42. The zero-order chi connectivity index (χ0) is 11.7. The second-order valence-electron chi connectivity index (χ2n) is 3.71. The van der Waals surface area contributed by atoms with Gasteiger partial charge in [-0.15, -0.1) is 0 Å². The van der Waals surface area contributed by atoms with Crippen LogP contribution < -0.4 is 0 Å². The smallest absolute Gasteiger partial charge is 0.258 e. The first-order valence-electron chi connectivity index (χ1n) is 4.90. The number of benzene rings is 1. The van der Waals surface area contributed by atoms with Gasteiger partial charge in [0.25, 0.3) is 0 Å². The number of aryl methyl sites for hydroxylation is 2. The molecule has 2 aromatic rings. The lowest BCUT2D eigenvalue weighted by Crippen LogP contribution is -1.82. The standard InChI is InChI=1S/C12H11NO2S/c1-8-3-4-10(9(2)7-8)11-5-6-12(16-11)13(14)15/h3-7H,1-2H3. The largest absolute Gasteiger partial charge is 0.324 e. The first kappa shape index (κ1) is 10.8. The molecule has 1 aromatic carbocycles. The molecule has 0 atom stereocenters. The first-order chi connectivity index (χ1) is 7.58. The molecule has 0 aliphatic rings. The highest BCUT2D eigenvalue weighted by Crippen LogP contribution is 2.34. The van der Waals surface area contributed by atoms with Gasteiger partial charge in [0.2, 0.25) is 0 Å². The number of nitrogens with zero attached hydrogens (tertiary/aromatic N) is 1. The number of hydrogen-bond donors (Lipinski definition) is 0. The van der Waals surface area contributed by atoms with Gasteiger partial charge in [-0.25, -0.2) is 0 Å². The molecule has 4 heteroatoms. The second kappa shape index (κ2) is 4.06. The highest BCUT2D eigenvalue weighted by atomic mass is 32.1. The van der Waals surface area contributed by atoms with Gasteiger partial charge in [-0.3, -0.25) is 10.1 Å². The van der Waals surface area contributed by atoms with E-state index in [4.69, 9.17) is 0 Å². The Morgan fingerprint density at radius 2 is 1.94 bits per heavy atom. The van der Waals surface area contributed by atoms with Crippen molar-refractivity contribution in [3.63, 3.8) is 0 Å². The van der Waals surface area contributed by atoms with Gasteiger partial charge in [-0.2, -0.15) is 0 Å². The van der Waals surface area contributed by atoms with Gasteiger partial charge in [-0.1, -0.05) is 35.1 Å². The Balaban J connectivity index is 2.46.